The molecule has 2 rings (SSSR count). The number of carboxylic acid groups (broad SMARTS) is 1. The summed E-state index contributed by atoms with van der Waals surface area (Å²) in [6, 6.07) is 12.9. The van der Waals surface area contributed by atoms with Crippen LogP contribution in [0.3, 0.4) is 0 Å². The summed E-state index contributed by atoms with van der Waals surface area (Å²) >= 11 is 12.0. The predicted molar refractivity (Wildman–Crippen MR) is 111 cm³/mol. The second-order valence-electron chi connectivity index (χ2n) is 6.14. The van der Waals surface area contributed by atoms with Crippen molar-refractivity contribution in [3.8, 4) is 11.1 Å². The Morgan fingerprint density at radius 3 is 2.00 bits per heavy atom. The second kappa shape index (κ2) is 12.4. The fraction of sp³-hybridized carbons (Fsp3) is 0.300. The number of aryl methyl sites for hydroxylation is 1. The minimum Gasteiger partial charge on any atom is -0.479 e. The molecule has 0 fully saturated rings. The van der Waals surface area contributed by atoms with E-state index < -0.39 is 24.1 Å². The first-order valence-corrected chi connectivity index (χ1v) is 9.31. The normalized spacial score (nSPS) is 12.4. The van der Waals surface area contributed by atoms with Gasteiger partial charge in [-0.05, 0) is 47.7 Å². The van der Waals surface area contributed by atoms with E-state index in [2.05, 4.69) is 10.5 Å². The number of aliphatic hydroxyl groups excluding tert-OH is 2. The average molecular weight is 444 g/mol. The van der Waals surface area contributed by atoms with Gasteiger partial charge in [0.2, 0.25) is 5.91 Å². The van der Waals surface area contributed by atoms with E-state index in [-0.39, 0.29) is 13.0 Å². The fourth-order valence-electron chi connectivity index (χ4n) is 2.36. The lowest BCUT2D eigenvalue weighted by Gasteiger charge is -2.13. The number of ether oxygens (including phenoxy) is 1. The number of halogens is 2. The first-order chi connectivity index (χ1) is 13.6. The maximum absolute atomic E-state index is 10.6. The van der Waals surface area contributed by atoms with Crippen molar-refractivity contribution in [2.45, 2.75) is 25.0 Å². The average Bonchev–Trinajstić information content (AvgIpc) is 2.65. The Morgan fingerprint density at radius 2 is 1.59 bits per heavy atom. The molecule has 29 heavy (non-hydrogen) atoms. The summed E-state index contributed by atoms with van der Waals surface area (Å²) in [7, 11) is 1.42. The molecule has 158 valence electrons. The van der Waals surface area contributed by atoms with Crippen molar-refractivity contribution in [3.63, 3.8) is 0 Å². The molecular weight excluding hydrogens is 421 g/mol. The molecule has 9 heteroatoms. The molecule has 0 saturated carbocycles. The van der Waals surface area contributed by atoms with Gasteiger partial charge in [-0.1, -0.05) is 47.5 Å². The zero-order chi connectivity index (χ0) is 22.0. The number of primary amides is 1. The summed E-state index contributed by atoms with van der Waals surface area (Å²) < 4.78 is 4.33. The Morgan fingerprint density at radius 1 is 1.03 bits per heavy atom. The number of amides is 1. The third-order valence-electron chi connectivity index (χ3n) is 3.78. The van der Waals surface area contributed by atoms with Crippen molar-refractivity contribution < 1.29 is 29.6 Å². The van der Waals surface area contributed by atoms with Gasteiger partial charge in [-0.2, -0.15) is 0 Å². The van der Waals surface area contributed by atoms with E-state index in [0.717, 1.165) is 16.7 Å². The minimum atomic E-state index is -1.76. The number of aliphatic hydroxyl groups is 2. The van der Waals surface area contributed by atoms with E-state index in [9.17, 15) is 19.8 Å². The first-order valence-electron chi connectivity index (χ1n) is 8.55. The van der Waals surface area contributed by atoms with Gasteiger partial charge in [0, 0.05) is 17.2 Å². The number of nitrogens with two attached hydrogens (primary N) is 1. The van der Waals surface area contributed by atoms with Crippen LogP contribution in [0.4, 0.5) is 0 Å². The summed E-state index contributed by atoms with van der Waals surface area (Å²) in [4.78, 5) is 20.3. The van der Waals surface area contributed by atoms with Crippen molar-refractivity contribution in [1.29, 1.82) is 0 Å². The molecule has 0 aliphatic rings. The van der Waals surface area contributed by atoms with Gasteiger partial charge in [0.25, 0.3) is 0 Å². The molecule has 0 heterocycles. The van der Waals surface area contributed by atoms with E-state index in [0.29, 0.717) is 16.5 Å². The van der Waals surface area contributed by atoms with Crippen molar-refractivity contribution in [1.82, 2.24) is 0 Å². The number of carbonyl (C=O) groups excluding carboxylic acids is 1. The molecule has 2 atom stereocenters. The van der Waals surface area contributed by atoms with Crippen molar-refractivity contribution in [3.05, 3.63) is 58.1 Å². The van der Waals surface area contributed by atoms with Crippen LogP contribution in [-0.2, 0) is 20.7 Å². The Bertz CT molecular complexity index is 793. The topological polar surface area (TPSA) is 130 Å². The summed E-state index contributed by atoms with van der Waals surface area (Å²) in [6.45, 7) is 0.0139. The molecule has 0 bridgehead atoms. The van der Waals surface area contributed by atoms with Crippen molar-refractivity contribution in [2.24, 2.45) is 5.73 Å². The second-order valence-corrected chi connectivity index (χ2v) is 7.02. The largest absolute Gasteiger partial charge is 0.479 e. The van der Waals surface area contributed by atoms with Crippen LogP contribution in [0, 0.1) is 0 Å². The van der Waals surface area contributed by atoms with Crippen LogP contribution in [0.5, 0.6) is 0 Å². The van der Waals surface area contributed by atoms with Gasteiger partial charge in [0.1, 0.15) is 6.61 Å². The summed E-state index contributed by atoms with van der Waals surface area (Å²) in [5, 5.41) is 28.6. The first kappa shape index (κ1) is 24.9. The van der Waals surface area contributed by atoms with Crippen LogP contribution in [0.15, 0.2) is 42.5 Å². The summed E-state index contributed by atoms with van der Waals surface area (Å²) in [6.07, 6.45) is -2.43. The number of hydrogen-bond acceptors (Lipinski definition) is 5. The van der Waals surface area contributed by atoms with Crippen LogP contribution in [0.2, 0.25) is 10.0 Å². The van der Waals surface area contributed by atoms with Gasteiger partial charge in [-0.15, -0.1) is 0 Å². The molecule has 5 N–H and O–H groups in total. The van der Waals surface area contributed by atoms with Crippen molar-refractivity contribution in [2.75, 3.05) is 13.7 Å². The highest BCUT2D eigenvalue weighted by Crippen LogP contribution is 2.27. The van der Waals surface area contributed by atoms with E-state index in [1.165, 1.54) is 7.11 Å². The lowest BCUT2D eigenvalue weighted by molar-refractivity contribution is -0.152. The lowest BCUT2D eigenvalue weighted by Crippen LogP contribution is -2.33. The molecule has 2 aromatic rings. The number of aliphatic carboxylic acids is 1. The highest BCUT2D eigenvalue weighted by molar-refractivity contribution is 6.35. The van der Waals surface area contributed by atoms with Gasteiger partial charge >= 0.3 is 5.97 Å². The SMILES string of the molecule is COCC(N)=O.O=C(O)C(O)C(O)CCc1ccc(-c2cc(Cl)cc(Cl)c2)cc1. The Kier molecular flexibility index (Phi) is 10.6. The van der Waals surface area contributed by atoms with E-state index in [4.69, 9.17) is 28.3 Å². The number of rotatable bonds is 8. The minimum absolute atomic E-state index is 0.0139. The molecule has 0 aromatic heterocycles. The zero-order valence-electron chi connectivity index (χ0n) is 15.7. The molecule has 0 aliphatic heterocycles. The van der Waals surface area contributed by atoms with Gasteiger partial charge in [0.15, 0.2) is 6.10 Å². The number of carbonyl (C=O) groups is 2. The van der Waals surface area contributed by atoms with Crippen LogP contribution in [0.1, 0.15) is 12.0 Å². The number of hydrogen-bond donors (Lipinski definition) is 4. The molecule has 0 saturated heterocycles. The number of methoxy groups -OCH3 is 1. The third-order valence-corrected chi connectivity index (χ3v) is 4.22. The highest BCUT2D eigenvalue weighted by Gasteiger charge is 2.22. The highest BCUT2D eigenvalue weighted by atomic mass is 35.5. The van der Waals surface area contributed by atoms with E-state index in [1.54, 1.807) is 6.07 Å². The van der Waals surface area contributed by atoms with Crippen LogP contribution >= 0.6 is 23.2 Å². The van der Waals surface area contributed by atoms with E-state index in [1.807, 2.05) is 36.4 Å². The van der Waals surface area contributed by atoms with Gasteiger partial charge in [0.05, 0.1) is 6.10 Å². The molecule has 2 aromatic carbocycles. The molecule has 0 radical (unpaired) electrons. The lowest BCUT2D eigenvalue weighted by atomic mass is 10.00. The fourth-order valence-corrected chi connectivity index (χ4v) is 2.89. The molecule has 2 unspecified atom stereocenters. The van der Waals surface area contributed by atoms with Crippen LogP contribution in [0.25, 0.3) is 11.1 Å². The number of benzene rings is 2. The Balaban J connectivity index is 0.000000612. The quantitative estimate of drug-likeness (QED) is 0.495. The summed E-state index contributed by atoms with van der Waals surface area (Å²) in [5.74, 6) is -1.86. The molecular formula is C20H23Cl2NO6. The third kappa shape index (κ3) is 9.25. The molecule has 1 amide bonds. The van der Waals surface area contributed by atoms with Crippen LogP contribution in [-0.4, -0.2) is 53.1 Å². The van der Waals surface area contributed by atoms with Gasteiger partial charge in [-0.3, -0.25) is 4.79 Å². The predicted octanol–water partition coefficient (Wildman–Crippen LogP) is 2.52. The number of carboxylic acids is 1. The Hall–Kier alpha value is -2.16. The van der Waals surface area contributed by atoms with E-state index >= 15 is 0 Å². The maximum atomic E-state index is 10.6. The van der Waals surface area contributed by atoms with Gasteiger partial charge < -0.3 is 25.8 Å². The zero-order valence-corrected chi connectivity index (χ0v) is 17.2. The monoisotopic (exact) mass is 443 g/mol. The Labute approximate surface area is 178 Å². The molecule has 0 spiro atoms. The van der Waals surface area contributed by atoms with Crippen molar-refractivity contribution >= 4 is 35.1 Å². The summed E-state index contributed by atoms with van der Waals surface area (Å²) in [5.41, 5.74) is 7.42. The smallest absolute Gasteiger partial charge is 0.335 e. The van der Waals surface area contributed by atoms with Crippen LogP contribution < -0.4 is 5.73 Å². The standard InChI is InChI=1S/C17H16Cl2O4.C3H7NO2/c18-13-7-12(8-14(19)9-13)11-4-1-10(2-5-11)3-6-15(20)16(21)17(22)23;1-6-2-3(4)5/h1-2,4-5,7-9,15-16,20-21H,3,6H2,(H,22,23);2H2,1H3,(H2,4,5). The maximum Gasteiger partial charge on any atom is 0.335 e. The molecule has 0 aliphatic carbocycles. The van der Waals surface area contributed by atoms with Gasteiger partial charge in [-0.25, -0.2) is 4.79 Å². The molecule has 7 nitrogen and oxygen atoms in total.